The number of carbonyl (C=O) groups is 1. The number of aromatic nitrogens is 3. The third-order valence-electron chi connectivity index (χ3n) is 6.56. The van der Waals surface area contributed by atoms with Gasteiger partial charge in [-0.2, -0.15) is 5.10 Å². The lowest BCUT2D eigenvalue weighted by atomic mass is 9.78. The fourth-order valence-corrected chi connectivity index (χ4v) is 4.77. The number of nitrogens with zero attached hydrogens (tertiary/aromatic N) is 4. The van der Waals surface area contributed by atoms with E-state index in [0.717, 1.165) is 70.5 Å². The largest absolute Gasteiger partial charge is 0.491 e. The van der Waals surface area contributed by atoms with Crippen LogP contribution in [0.15, 0.2) is 24.5 Å². The molecule has 1 aliphatic carbocycles. The van der Waals surface area contributed by atoms with E-state index in [1.54, 1.807) is 12.3 Å². The predicted octanol–water partition coefficient (Wildman–Crippen LogP) is 3.42. The molecule has 2 fully saturated rings. The molecule has 1 saturated carbocycles. The molecule has 2 unspecified atom stereocenters. The Hall–Kier alpha value is -2.59. The lowest BCUT2D eigenvalue weighted by Gasteiger charge is -2.32. The summed E-state index contributed by atoms with van der Waals surface area (Å²) in [4.78, 5) is 18.2. The Balaban J connectivity index is 1.35. The highest BCUT2D eigenvalue weighted by Crippen LogP contribution is 2.38. The van der Waals surface area contributed by atoms with Crippen LogP contribution in [0.3, 0.4) is 0 Å². The van der Waals surface area contributed by atoms with E-state index in [4.69, 9.17) is 14.2 Å². The molecule has 0 aromatic carbocycles. The molecule has 0 amide bonds. The molecule has 3 heterocycles. The summed E-state index contributed by atoms with van der Waals surface area (Å²) in [6.07, 6.45) is 5.31. The minimum absolute atomic E-state index is 0.0884. The van der Waals surface area contributed by atoms with Gasteiger partial charge < -0.3 is 14.2 Å². The standard InChI is InChI=1S/C24H32F2N4O4/c25-23(26)15-30-21(5-6-28-30)20-4-2-1-3-18(20)17-34-22-14-27-24(13-19(22)16-31)33-12-9-29-7-10-32-11-8-29/h5-6,13-14,16,18,20,23H,1-4,7-12,15,17H2. The van der Waals surface area contributed by atoms with Crippen LogP contribution < -0.4 is 9.47 Å². The van der Waals surface area contributed by atoms with Gasteiger partial charge in [0.05, 0.1) is 31.6 Å². The second-order valence-corrected chi connectivity index (χ2v) is 8.77. The van der Waals surface area contributed by atoms with Gasteiger partial charge in [-0.1, -0.05) is 12.8 Å². The van der Waals surface area contributed by atoms with Gasteiger partial charge in [0.15, 0.2) is 6.29 Å². The van der Waals surface area contributed by atoms with Gasteiger partial charge >= 0.3 is 0 Å². The second kappa shape index (κ2) is 12.2. The summed E-state index contributed by atoms with van der Waals surface area (Å²) >= 11 is 0. The van der Waals surface area contributed by atoms with Crippen molar-refractivity contribution in [3.05, 3.63) is 35.8 Å². The lowest BCUT2D eigenvalue weighted by Crippen LogP contribution is -2.38. The zero-order chi connectivity index (χ0) is 23.8. The first-order valence-electron chi connectivity index (χ1n) is 11.9. The third-order valence-corrected chi connectivity index (χ3v) is 6.56. The molecule has 186 valence electrons. The van der Waals surface area contributed by atoms with Crippen molar-refractivity contribution in [2.24, 2.45) is 5.92 Å². The maximum absolute atomic E-state index is 13.0. The van der Waals surface area contributed by atoms with E-state index in [0.29, 0.717) is 30.4 Å². The fraction of sp³-hybridized carbons (Fsp3) is 0.625. The molecule has 0 radical (unpaired) electrons. The van der Waals surface area contributed by atoms with Crippen LogP contribution in [-0.4, -0.2) is 78.4 Å². The highest BCUT2D eigenvalue weighted by atomic mass is 19.3. The highest BCUT2D eigenvalue weighted by Gasteiger charge is 2.30. The molecule has 1 saturated heterocycles. The summed E-state index contributed by atoms with van der Waals surface area (Å²) in [5, 5.41) is 4.09. The van der Waals surface area contributed by atoms with Crippen LogP contribution in [0.2, 0.25) is 0 Å². The van der Waals surface area contributed by atoms with Crippen molar-refractivity contribution in [1.29, 1.82) is 0 Å². The van der Waals surface area contributed by atoms with Gasteiger partial charge in [0.1, 0.15) is 18.9 Å². The van der Waals surface area contributed by atoms with Gasteiger partial charge in [-0.3, -0.25) is 14.4 Å². The van der Waals surface area contributed by atoms with Crippen LogP contribution in [0.4, 0.5) is 8.78 Å². The molecule has 0 spiro atoms. The Kier molecular flexibility index (Phi) is 8.81. The quantitative estimate of drug-likeness (QED) is 0.458. The zero-order valence-corrected chi connectivity index (χ0v) is 19.3. The fourth-order valence-electron chi connectivity index (χ4n) is 4.77. The molecular formula is C24H32F2N4O4. The molecule has 2 aliphatic rings. The van der Waals surface area contributed by atoms with Crippen molar-refractivity contribution in [3.63, 3.8) is 0 Å². The molecule has 0 N–H and O–H groups in total. The van der Waals surface area contributed by atoms with Crippen molar-refractivity contribution in [2.75, 3.05) is 46.1 Å². The summed E-state index contributed by atoms with van der Waals surface area (Å²) in [7, 11) is 0. The van der Waals surface area contributed by atoms with Crippen LogP contribution in [0.25, 0.3) is 0 Å². The minimum Gasteiger partial charge on any atom is -0.491 e. The number of carbonyl (C=O) groups excluding carboxylic acids is 1. The number of morpholine rings is 1. The van der Waals surface area contributed by atoms with E-state index >= 15 is 0 Å². The topological polar surface area (TPSA) is 78.7 Å². The first-order chi connectivity index (χ1) is 16.6. The second-order valence-electron chi connectivity index (χ2n) is 8.77. The Morgan fingerprint density at radius 3 is 2.82 bits per heavy atom. The smallest absolute Gasteiger partial charge is 0.257 e. The molecule has 10 heteroatoms. The Bertz CT molecular complexity index is 920. The number of halogens is 2. The third kappa shape index (κ3) is 6.50. The Morgan fingerprint density at radius 1 is 1.21 bits per heavy atom. The van der Waals surface area contributed by atoms with Crippen LogP contribution >= 0.6 is 0 Å². The average Bonchev–Trinajstić information content (AvgIpc) is 3.31. The van der Waals surface area contributed by atoms with Crippen molar-refractivity contribution in [3.8, 4) is 11.6 Å². The maximum Gasteiger partial charge on any atom is 0.257 e. The van der Waals surface area contributed by atoms with Gasteiger partial charge in [0.2, 0.25) is 5.88 Å². The van der Waals surface area contributed by atoms with Crippen molar-refractivity contribution >= 4 is 6.29 Å². The van der Waals surface area contributed by atoms with E-state index in [2.05, 4.69) is 15.0 Å². The summed E-state index contributed by atoms with van der Waals surface area (Å²) in [6.45, 7) is 4.45. The van der Waals surface area contributed by atoms with Crippen molar-refractivity contribution in [2.45, 2.75) is 44.6 Å². The predicted molar refractivity (Wildman–Crippen MR) is 121 cm³/mol. The summed E-state index contributed by atoms with van der Waals surface area (Å²) in [5.74, 6) is 1.02. The number of ether oxygens (including phenoxy) is 3. The number of hydrogen-bond acceptors (Lipinski definition) is 7. The minimum atomic E-state index is -2.45. The lowest BCUT2D eigenvalue weighted by molar-refractivity contribution is 0.0320. The van der Waals surface area contributed by atoms with E-state index < -0.39 is 13.0 Å². The van der Waals surface area contributed by atoms with E-state index in [1.807, 2.05) is 6.07 Å². The normalized spacial score (nSPS) is 21.5. The van der Waals surface area contributed by atoms with E-state index in [1.165, 1.54) is 10.9 Å². The first kappa shape index (κ1) is 24.5. The zero-order valence-electron chi connectivity index (χ0n) is 19.3. The molecule has 4 rings (SSSR count). The summed E-state index contributed by atoms with van der Waals surface area (Å²) in [5.41, 5.74) is 1.21. The number of aldehydes is 1. The maximum atomic E-state index is 13.0. The highest BCUT2D eigenvalue weighted by molar-refractivity contribution is 5.79. The Morgan fingerprint density at radius 2 is 2.03 bits per heavy atom. The molecule has 2 atom stereocenters. The van der Waals surface area contributed by atoms with Gasteiger partial charge in [-0.05, 0) is 18.9 Å². The van der Waals surface area contributed by atoms with Gasteiger partial charge in [-0.25, -0.2) is 13.8 Å². The molecule has 2 aromatic rings. The van der Waals surface area contributed by atoms with Crippen molar-refractivity contribution in [1.82, 2.24) is 19.7 Å². The van der Waals surface area contributed by atoms with Crippen LogP contribution in [0.1, 0.15) is 47.7 Å². The molecular weight excluding hydrogens is 446 g/mol. The Labute approximate surface area is 198 Å². The summed E-state index contributed by atoms with van der Waals surface area (Å²) in [6, 6.07) is 3.42. The summed E-state index contributed by atoms with van der Waals surface area (Å²) < 4.78 is 44.4. The average molecular weight is 479 g/mol. The molecule has 0 bridgehead atoms. The van der Waals surface area contributed by atoms with Gasteiger partial charge in [-0.15, -0.1) is 0 Å². The van der Waals surface area contributed by atoms with Crippen LogP contribution in [0, 0.1) is 5.92 Å². The number of hydrogen-bond donors (Lipinski definition) is 0. The van der Waals surface area contributed by atoms with Crippen LogP contribution in [0.5, 0.6) is 11.6 Å². The van der Waals surface area contributed by atoms with Crippen molar-refractivity contribution < 1.29 is 27.8 Å². The molecule has 34 heavy (non-hydrogen) atoms. The first-order valence-corrected chi connectivity index (χ1v) is 11.9. The molecule has 2 aromatic heterocycles. The van der Waals surface area contributed by atoms with Gasteiger partial charge in [0, 0.05) is 49.4 Å². The number of alkyl halides is 2. The number of pyridine rings is 1. The van der Waals surface area contributed by atoms with E-state index in [-0.39, 0.29) is 11.8 Å². The van der Waals surface area contributed by atoms with Gasteiger partial charge in [0.25, 0.3) is 6.43 Å². The monoisotopic (exact) mass is 478 g/mol. The van der Waals surface area contributed by atoms with E-state index in [9.17, 15) is 13.6 Å². The molecule has 1 aliphatic heterocycles. The van der Waals surface area contributed by atoms with Crippen LogP contribution in [-0.2, 0) is 11.3 Å². The molecule has 8 nitrogen and oxygen atoms in total. The SMILES string of the molecule is O=Cc1cc(OCCN2CCOCC2)ncc1OCC1CCCCC1c1ccnn1CC(F)F. The number of rotatable bonds is 11.